The van der Waals surface area contributed by atoms with E-state index in [0.29, 0.717) is 6.61 Å². The maximum atomic E-state index is 10.5. The van der Waals surface area contributed by atoms with Gasteiger partial charge >= 0.3 is 0 Å². The summed E-state index contributed by atoms with van der Waals surface area (Å²) < 4.78 is 10.2. The lowest BCUT2D eigenvalue weighted by Gasteiger charge is -2.00. The van der Waals surface area contributed by atoms with Crippen LogP contribution in [-0.2, 0) is 8.92 Å². The highest BCUT2D eigenvalue weighted by molar-refractivity contribution is 7.94. The minimum atomic E-state index is -0.423. The molecule has 1 aromatic carbocycles. The van der Waals surface area contributed by atoms with E-state index in [1.54, 1.807) is 12.1 Å². The Morgan fingerprint density at radius 2 is 2.47 bits per heavy atom. The van der Waals surface area contributed by atoms with E-state index in [9.17, 15) is 10.1 Å². The molecule has 6 heteroatoms. The van der Waals surface area contributed by atoms with Crippen LogP contribution in [0.5, 0.6) is 0 Å². The van der Waals surface area contributed by atoms with Gasteiger partial charge in [-0.3, -0.25) is 10.1 Å². The molecule has 0 spiro atoms. The number of rotatable bonds is 5. The van der Waals surface area contributed by atoms with E-state index < -0.39 is 4.92 Å². The molecule has 0 aromatic heterocycles. The maximum absolute atomic E-state index is 10.5. The zero-order chi connectivity index (χ0) is 10.7. The monoisotopic (exact) mass is 227 g/mol. The first-order chi connectivity index (χ1) is 7.25. The van der Waals surface area contributed by atoms with Crippen LogP contribution in [0.4, 0.5) is 5.69 Å². The largest absolute Gasteiger partial charge is 0.371 e. The molecule has 0 aliphatic carbocycles. The number of ether oxygens (including phenoxy) is 1. The summed E-state index contributed by atoms with van der Waals surface area (Å²) in [5.41, 5.74) is 0.0753. The van der Waals surface area contributed by atoms with Crippen molar-refractivity contribution in [3.05, 3.63) is 34.4 Å². The fourth-order valence-electron chi connectivity index (χ4n) is 0.991. The van der Waals surface area contributed by atoms with Crippen molar-refractivity contribution >= 4 is 17.7 Å². The van der Waals surface area contributed by atoms with Crippen LogP contribution >= 0.6 is 12.0 Å². The number of hydrogen-bond acceptors (Lipinski definition) is 5. The molecular formula is C9H9NO4S. The minimum Gasteiger partial charge on any atom is -0.371 e. The second-order valence-corrected chi connectivity index (χ2v) is 3.95. The first kappa shape index (κ1) is 10.4. The summed E-state index contributed by atoms with van der Waals surface area (Å²) in [5.74, 6) is 0. The van der Waals surface area contributed by atoms with Crippen molar-refractivity contribution in [3.8, 4) is 0 Å². The summed E-state index contributed by atoms with van der Waals surface area (Å²) in [6, 6.07) is 6.34. The first-order valence-electron chi connectivity index (χ1n) is 4.41. The highest BCUT2D eigenvalue weighted by atomic mass is 32.2. The number of nitrogens with zero attached hydrogens (tertiary/aromatic N) is 1. The molecule has 80 valence electrons. The number of nitro benzene ring substituents is 1. The Balaban J connectivity index is 1.88. The highest BCUT2D eigenvalue weighted by Gasteiger charge is 2.22. The van der Waals surface area contributed by atoms with Crippen molar-refractivity contribution < 1.29 is 13.8 Å². The molecule has 5 nitrogen and oxygen atoms in total. The van der Waals surface area contributed by atoms with Gasteiger partial charge in [-0.1, -0.05) is 6.07 Å². The van der Waals surface area contributed by atoms with Gasteiger partial charge in [0.1, 0.15) is 6.10 Å². The Morgan fingerprint density at radius 1 is 1.67 bits per heavy atom. The van der Waals surface area contributed by atoms with E-state index in [-0.39, 0.29) is 11.8 Å². The zero-order valence-electron chi connectivity index (χ0n) is 7.79. The Kier molecular flexibility index (Phi) is 3.20. The number of nitro groups is 1. The summed E-state index contributed by atoms with van der Waals surface area (Å²) in [6.45, 7) is 1.27. The fraction of sp³-hybridized carbons (Fsp3) is 0.333. The Morgan fingerprint density at radius 3 is 3.13 bits per heavy atom. The second-order valence-electron chi connectivity index (χ2n) is 3.08. The summed E-state index contributed by atoms with van der Waals surface area (Å²) in [4.78, 5) is 10.8. The lowest BCUT2D eigenvalue weighted by Crippen LogP contribution is -1.95. The zero-order valence-corrected chi connectivity index (χ0v) is 8.61. The van der Waals surface area contributed by atoms with Crippen molar-refractivity contribution in [2.75, 3.05) is 13.2 Å². The standard InChI is InChI=1S/C9H9NO4S/c11-10(12)7-2-1-3-9(4-7)15-14-6-8-5-13-8/h1-4,8H,5-6H2. The fourth-order valence-corrected chi connectivity index (χ4v) is 1.65. The first-order valence-corrected chi connectivity index (χ1v) is 5.15. The number of hydrogen-bond donors (Lipinski definition) is 0. The third-order valence-electron chi connectivity index (χ3n) is 1.84. The van der Waals surface area contributed by atoms with Crippen LogP contribution in [0.2, 0.25) is 0 Å². The van der Waals surface area contributed by atoms with Crippen molar-refractivity contribution in [2.45, 2.75) is 11.0 Å². The Labute approximate surface area is 90.7 Å². The predicted octanol–water partition coefficient (Wildman–Crippen LogP) is 2.02. The third-order valence-corrected chi connectivity index (χ3v) is 2.54. The van der Waals surface area contributed by atoms with Crippen molar-refractivity contribution in [1.29, 1.82) is 0 Å². The molecule has 0 bridgehead atoms. The molecule has 1 saturated heterocycles. The Hall–Kier alpha value is -1.11. The van der Waals surface area contributed by atoms with Crippen LogP contribution in [0.3, 0.4) is 0 Å². The van der Waals surface area contributed by atoms with E-state index in [4.69, 9.17) is 8.92 Å². The van der Waals surface area contributed by atoms with E-state index in [1.165, 1.54) is 12.1 Å². The SMILES string of the molecule is O=[N+]([O-])c1cccc(SOCC2CO2)c1. The molecule has 1 aliphatic rings. The lowest BCUT2D eigenvalue weighted by molar-refractivity contribution is -0.385. The molecule has 1 aromatic rings. The van der Waals surface area contributed by atoms with Crippen LogP contribution in [0.15, 0.2) is 29.2 Å². The lowest BCUT2D eigenvalue weighted by atomic mass is 10.3. The van der Waals surface area contributed by atoms with Gasteiger partial charge in [0.05, 0.1) is 18.1 Å². The average Bonchev–Trinajstić information content (AvgIpc) is 3.02. The molecule has 0 N–H and O–H groups in total. The minimum absolute atomic E-state index is 0.0753. The van der Waals surface area contributed by atoms with Gasteiger partial charge in [-0.25, -0.2) is 0 Å². The van der Waals surface area contributed by atoms with Gasteiger partial charge in [0, 0.05) is 29.1 Å². The molecule has 0 radical (unpaired) electrons. The van der Waals surface area contributed by atoms with E-state index in [1.807, 2.05) is 0 Å². The summed E-state index contributed by atoms with van der Waals surface area (Å²) in [6.07, 6.45) is 0.205. The summed E-state index contributed by atoms with van der Waals surface area (Å²) >= 11 is 1.14. The maximum Gasteiger partial charge on any atom is 0.270 e. The molecule has 2 rings (SSSR count). The number of non-ortho nitro benzene ring substituents is 1. The molecule has 1 fully saturated rings. The number of epoxide rings is 1. The van der Waals surface area contributed by atoms with Crippen LogP contribution in [-0.4, -0.2) is 24.2 Å². The van der Waals surface area contributed by atoms with Gasteiger partial charge in [-0.2, -0.15) is 0 Å². The average molecular weight is 227 g/mol. The molecule has 1 aliphatic heterocycles. The van der Waals surface area contributed by atoms with Crippen molar-refractivity contribution in [1.82, 2.24) is 0 Å². The van der Waals surface area contributed by atoms with Crippen LogP contribution < -0.4 is 0 Å². The van der Waals surface area contributed by atoms with Crippen LogP contribution in [0.25, 0.3) is 0 Å². The van der Waals surface area contributed by atoms with E-state index in [0.717, 1.165) is 23.5 Å². The summed E-state index contributed by atoms with van der Waals surface area (Å²) in [5, 5.41) is 10.5. The topological polar surface area (TPSA) is 64.9 Å². The summed E-state index contributed by atoms with van der Waals surface area (Å²) in [7, 11) is 0. The van der Waals surface area contributed by atoms with Crippen molar-refractivity contribution in [3.63, 3.8) is 0 Å². The normalized spacial score (nSPS) is 18.8. The van der Waals surface area contributed by atoms with Gasteiger partial charge in [0.2, 0.25) is 0 Å². The second kappa shape index (κ2) is 4.61. The molecule has 15 heavy (non-hydrogen) atoms. The number of benzene rings is 1. The van der Waals surface area contributed by atoms with Gasteiger partial charge < -0.3 is 8.92 Å². The molecule has 1 atom stereocenters. The van der Waals surface area contributed by atoms with Crippen LogP contribution in [0.1, 0.15) is 0 Å². The van der Waals surface area contributed by atoms with Gasteiger partial charge in [-0.15, -0.1) is 0 Å². The van der Waals surface area contributed by atoms with Gasteiger partial charge in [0.25, 0.3) is 5.69 Å². The molecular weight excluding hydrogens is 218 g/mol. The molecule has 1 heterocycles. The molecule has 0 amide bonds. The van der Waals surface area contributed by atoms with Gasteiger partial charge in [-0.05, 0) is 6.07 Å². The third kappa shape index (κ3) is 3.19. The molecule has 0 saturated carbocycles. The van der Waals surface area contributed by atoms with E-state index in [2.05, 4.69) is 0 Å². The smallest absolute Gasteiger partial charge is 0.270 e. The molecule has 1 unspecified atom stereocenters. The van der Waals surface area contributed by atoms with Gasteiger partial charge in [0.15, 0.2) is 0 Å². The van der Waals surface area contributed by atoms with Crippen LogP contribution in [0, 0.1) is 10.1 Å². The predicted molar refractivity (Wildman–Crippen MR) is 54.6 cm³/mol. The quantitative estimate of drug-likeness (QED) is 0.333. The Bertz CT molecular complexity index is 367. The van der Waals surface area contributed by atoms with Crippen molar-refractivity contribution in [2.24, 2.45) is 0 Å². The highest BCUT2D eigenvalue weighted by Crippen LogP contribution is 2.24. The van der Waals surface area contributed by atoms with E-state index >= 15 is 0 Å².